The second-order valence-corrected chi connectivity index (χ2v) is 7.06. The molecule has 2 aromatic carbocycles. The van der Waals surface area contributed by atoms with Crippen molar-refractivity contribution in [2.24, 2.45) is 0 Å². The van der Waals surface area contributed by atoms with Gasteiger partial charge in [-0.05, 0) is 61.9 Å². The summed E-state index contributed by atoms with van der Waals surface area (Å²) in [5, 5.41) is 6.66. The van der Waals surface area contributed by atoms with E-state index in [4.69, 9.17) is 11.6 Å². The normalized spacial score (nSPS) is 10.5. The van der Waals surface area contributed by atoms with E-state index >= 15 is 0 Å². The Morgan fingerprint density at radius 2 is 1.75 bits per heavy atom. The maximum atomic E-state index is 12.7. The van der Waals surface area contributed by atoms with E-state index in [9.17, 15) is 4.79 Å². The highest BCUT2D eigenvalue weighted by Crippen LogP contribution is 2.25. The number of halogens is 1. The van der Waals surface area contributed by atoms with E-state index < -0.39 is 0 Å². The summed E-state index contributed by atoms with van der Waals surface area (Å²) in [5.74, 6) is 0.0486. The number of carbonyl (C=O) groups excluding carboxylic acids is 1. The van der Waals surface area contributed by atoms with Gasteiger partial charge in [-0.1, -0.05) is 17.7 Å². The number of hydrogen-bond acceptors (Lipinski definition) is 5. The Balaban J connectivity index is 1.80. The van der Waals surface area contributed by atoms with Crippen LogP contribution in [-0.4, -0.2) is 30.0 Å². The van der Waals surface area contributed by atoms with Gasteiger partial charge in [0.15, 0.2) is 0 Å². The topological polar surface area (TPSA) is 70.2 Å². The molecule has 0 atom stereocenters. The van der Waals surface area contributed by atoms with Gasteiger partial charge in [0.1, 0.15) is 5.69 Å². The van der Waals surface area contributed by atoms with Crippen LogP contribution in [0.3, 0.4) is 0 Å². The Hall–Kier alpha value is -3.12. The van der Waals surface area contributed by atoms with Crippen LogP contribution in [0.1, 0.15) is 21.7 Å². The molecule has 0 aliphatic carbocycles. The van der Waals surface area contributed by atoms with Crippen LogP contribution < -0.4 is 15.5 Å². The van der Waals surface area contributed by atoms with E-state index in [1.54, 1.807) is 6.07 Å². The van der Waals surface area contributed by atoms with Crippen LogP contribution in [0.4, 0.5) is 23.0 Å². The van der Waals surface area contributed by atoms with Crippen molar-refractivity contribution < 1.29 is 4.79 Å². The number of carbonyl (C=O) groups is 1. The molecule has 0 unspecified atom stereocenters. The number of hydrogen-bond donors (Lipinski definition) is 2. The lowest BCUT2D eigenvalue weighted by Gasteiger charge is -2.13. The molecule has 0 saturated heterocycles. The molecule has 144 valence electrons. The molecule has 1 amide bonds. The smallest absolute Gasteiger partial charge is 0.274 e. The fourth-order valence-electron chi connectivity index (χ4n) is 2.64. The van der Waals surface area contributed by atoms with E-state index in [1.165, 1.54) is 0 Å². The van der Waals surface area contributed by atoms with Crippen molar-refractivity contribution in [1.82, 2.24) is 9.97 Å². The zero-order valence-electron chi connectivity index (χ0n) is 16.2. The highest BCUT2D eigenvalue weighted by atomic mass is 35.5. The molecule has 0 bridgehead atoms. The van der Waals surface area contributed by atoms with Crippen molar-refractivity contribution in [3.8, 4) is 0 Å². The summed E-state index contributed by atoms with van der Waals surface area (Å²) in [7, 11) is 3.93. The minimum absolute atomic E-state index is 0.284. The Morgan fingerprint density at radius 3 is 2.43 bits per heavy atom. The van der Waals surface area contributed by atoms with Gasteiger partial charge in [-0.15, -0.1) is 0 Å². The van der Waals surface area contributed by atoms with E-state index in [1.807, 2.05) is 75.3 Å². The van der Waals surface area contributed by atoms with Crippen LogP contribution in [0.15, 0.2) is 48.5 Å². The average molecular weight is 396 g/mol. The molecule has 3 rings (SSSR count). The highest BCUT2D eigenvalue weighted by Gasteiger charge is 2.12. The molecule has 0 radical (unpaired) electrons. The molecule has 0 fully saturated rings. The summed E-state index contributed by atoms with van der Waals surface area (Å²) in [5.41, 5.74) is 4.41. The van der Waals surface area contributed by atoms with Crippen LogP contribution in [0.25, 0.3) is 0 Å². The van der Waals surface area contributed by atoms with E-state index in [0.29, 0.717) is 22.4 Å². The van der Waals surface area contributed by atoms with Crippen LogP contribution in [0.5, 0.6) is 0 Å². The third-order valence-electron chi connectivity index (χ3n) is 4.24. The molecule has 2 N–H and O–H groups in total. The zero-order chi connectivity index (χ0) is 20.3. The fraction of sp³-hybridized carbons (Fsp3) is 0.190. The first-order valence-corrected chi connectivity index (χ1v) is 9.18. The van der Waals surface area contributed by atoms with E-state index in [-0.39, 0.29) is 11.6 Å². The van der Waals surface area contributed by atoms with E-state index in [2.05, 4.69) is 20.6 Å². The van der Waals surface area contributed by atoms with Gasteiger partial charge in [0.2, 0.25) is 5.95 Å². The number of benzene rings is 2. The minimum Gasteiger partial charge on any atom is -0.378 e. The van der Waals surface area contributed by atoms with Crippen LogP contribution in [-0.2, 0) is 0 Å². The summed E-state index contributed by atoms with van der Waals surface area (Å²) in [4.78, 5) is 23.4. The zero-order valence-corrected chi connectivity index (χ0v) is 17.0. The van der Waals surface area contributed by atoms with Crippen molar-refractivity contribution in [3.63, 3.8) is 0 Å². The molecule has 6 nitrogen and oxygen atoms in total. The van der Waals surface area contributed by atoms with Gasteiger partial charge < -0.3 is 15.5 Å². The van der Waals surface area contributed by atoms with Crippen molar-refractivity contribution in [1.29, 1.82) is 0 Å². The molecule has 0 spiro atoms. The molecular weight excluding hydrogens is 374 g/mol. The van der Waals surface area contributed by atoms with Gasteiger partial charge in [-0.2, -0.15) is 0 Å². The molecule has 28 heavy (non-hydrogen) atoms. The standard InChI is InChI=1S/C21H22ClN5O/c1-13-12-19(20(28)24-15-8-10-16(11-9-15)27(3)4)26-21(23-13)25-18-7-5-6-17(22)14(18)2/h5-12H,1-4H3,(H,24,28)(H,23,25,26). The monoisotopic (exact) mass is 395 g/mol. The lowest BCUT2D eigenvalue weighted by molar-refractivity contribution is 0.102. The third kappa shape index (κ3) is 4.58. The number of nitrogens with one attached hydrogen (secondary N) is 2. The van der Waals surface area contributed by atoms with Gasteiger partial charge in [0, 0.05) is 41.9 Å². The number of aromatic nitrogens is 2. The summed E-state index contributed by atoms with van der Waals surface area (Å²) in [6.45, 7) is 3.73. The molecule has 0 saturated carbocycles. The van der Waals surface area contributed by atoms with Crippen molar-refractivity contribution >= 4 is 40.5 Å². The van der Waals surface area contributed by atoms with Crippen molar-refractivity contribution in [2.75, 3.05) is 29.6 Å². The molecular formula is C21H22ClN5O. The number of aryl methyl sites for hydroxylation is 1. The average Bonchev–Trinajstić information content (AvgIpc) is 2.65. The largest absolute Gasteiger partial charge is 0.378 e. The molecule has 0 aliphatic rings. The van der Waals surface area contributed by atoms with Gasteiger partial charge in [-0.3, -0.25) is 4.79 Å². The van der Waals surface area contributed by atoms with Crippen LogP contribution >= 0.6 is 11.6 Å². The SMILES string of the molecule is Cc1cc(C(=O)Nc2ccc(N(C)C)cc2)nc(Nc2cccc(Cl)c2C)n1. The maximum Gasteiger partial charge on any atom is 0.274 e. The van der Waals surface area contributed by atoms with Gasteiger partial charge >= 0.3 is 0 Å². The summed E-state index contributed by atoms with van der Waals surface area (Å²) >= 11 is 6.17. The Bertz CT molecular complexity index is 1000. The minimum atomic E-state index is -0.297. The van der Waals surface area contributed by atoms with Crippen molar-refractivity contribution in [3.05, 3.63) is 70.5 Å². The first-order valence-electron chi connectivity index (χ1n) is 8.80. The molecule has 3 aromatic rings. The van der Waals surface area contributed by atoms with Crippen molar-refractivity contribution in [2.45, 2.75) is 13.8 Å². The van der Waals surface area contributed by atoms with Gasteiger partial charge in [0.05, 0.1) is 0 Å². The Kier molecular flexibility index (Phi) is 5.80. The predicted octanol–water partition coefficient (Wildman–Crippen LogP) is 4.81. The summed E-state index contributed by atoms with van der Waals surface area (Å²) in [6, 6.07) is 14.8. The number of nitrogens with zero attached hydrogens (tertiary/aromatic N) is 3. The highest BCUT2D eigenvalue weighted by molar-refractivity contribution is 6.31. The maximum absolute atomic E-state index is 12.7. The first kappa shape index (κ1) is 19.6. The Labute approximate surface area is 169 Å². The molecule has 1 aromatic heterocycles. The summed E-state index contributed by atoms with van der Waals surface area (Å²) in [6.07, 6.45) is 0. The van der Waals surface area contributed by atoms with Gasteiger partial charge in [-0.25, -0.2) is 9.97 Å². The van der Waals surface area contributed by atoms with Crippen LogP contribution in [0, 0.1) is 13.8 Å². The number of amides is 1. The Morgan fingerprint density at radius 1 is 1.04 bits per heavy atom. The number of rotatable bonds is 5. The second kappa shape index (κ2) is 8.27. The number of anilines is 4. The second-order valence-electron chi connectivity index (χ2n) is 6.65. The molecule has 1 heterocycles. The quantitative estimate of drug-likeness (QED) is 0.648. The lowest BCUT2D eigenvalue weighted by Crippen LogP contribution is -2.16. The van der Waals surface area contributed by atoms with Crippen LogP contribution in [0.2, 0.25) is 5.02 Å². The third-order valence-corrected chi connectivity index (χ3v) is 4.65. The lowest BCUT2D eigenvalue weighted by atomic mass is 10.2. The fourth-order valence-corrected chi connectivity index (χ4v) is 2.82. The molecule has 7 heteroatoms. The predicted molar refractivity (Wildman–Crippen MR) is 115 cm³/mol. The molecule has 0 aliphatic heterocycles. The van der Waals surface area contributed by atoms with Gasteiger partial charge in [0.25, 0.3) is 5.91 Å². The summed E-state index contributed by atoms with van der Waals surface area (Å²) < 4.78 is 0. The first-order chi connectivity index (χ1) is 13.3. The van der Waals surface area contributed by atoms with E-state index in [0.717, 1.165) is 16.9 Å².